The fourth-order valence-corrected chi connectivity index (χ4v) is 0.792. The van der Waals surface area contributed by atoms with Crippen LogP contribution in [0.4, 0.5) is 4.79 Å². The number of hydrogen-bond donors (Lipinski definition) is 3. The van der Waals surface area contributed by atoms with Gasteiger partial charge >= 0.3 is 6.03 Å². The van der Waals surface area contributed by atoms with Crippen molar-refractivity contribution in [2.24, 2.45) is 5.73 Å². The van der Waals surface area contributed by atoms with E-state index in [1.54, 1.807) is 0 Å². The normalized spacial score (nSPS) is 9.31. The topological polar surface area (TPSA) is 84.2 Å². The third-order valence-corrected chi connectivity index (χ3v) is 1.50. The van der Waals surface area contributed by atoms with Crippen LogP contribution in [0.2, 0.25) is 0 Å². The molecule has 0 rings (SSSR count). The molecule has 0 aliphatic carbocycles. The number of carbonyl (C=O) groups is 2. The molecule has 3 amide bonds. The van der Waals surface area contributed by atoms with E-state index in [4.69, 9.17) is 5.73 Å². The first-order valence-corrected chi connectivity index (χ1v) is 4.46. The minimum atomic E-state index is -0.596. The Balaban J connectivity index is 3.25. The number of hydrogen-bond acceptors (Lipinski definition) is 2. The van der Waals surface area contributed by atoms with E-state index in [1.807, 2.05) is 0 Å². The molecule has 0 bridgehead atoms. The molecule has 0 saturated heterocycles. The van der Waals surface area contributed by atoms with Gasteiger partial charge in [0.15, 0.2) is 0 Å². The summed E-state index contributed by atoms with van der Waals surface area (Å²) in [4.78, 5) is 21.2. The van der Waals surface area contributed by atoms with Crippen molar-refractivity contribution in [1.29, 1.82) is 0 Å². The molecular weight excluding hydrogens is 170 g/mol. The quantitative estimate of drug-likeness (QED) is 0.510. The molecule has 0 saturated carbocycles. The van der Waals surface area contributed by atoms with Crippen molar-refractivity contribution in [2.75, 3.05) is 13.1 Å². The fraction of sp³-hybridized carbons (Fsp3) is 0.750. The zero-order valence-corrected chi connectivity index (χ0v) is 7.93. The van der Waals surface area contributed by atoms with Gasteiger partial charge in [-0.25, -0.2) is 4.79 Å². The van der Waals surface area contributed by atoms with Gasteiger partial charge in [0.2, 0.25) is 5.91 Å². The van der Waals surface area contributed by atoms with Crippen LogP contribution < -0.4 is 16.4 Å². The number of nitrogens with one attached hydrogen (secondary N) is 2. The van der Waals surface area contributed by atoms with Crippen LogP contribution in [-0.4, -0.2) is 25.0 Å². The summed E-state index contributed by atoms with van der Waals surface area (Å²) in [6, 6.07) is -0.596. The lowest BCUT2D eigenvalue weighted by Crippen LogP contribution is -2.34. The summed E-state index contributed by atoms with van der Waals surface area (Å²) in [6.45, 7) is 3.06. The smallest absolute Gasteiger partial charge is 0.312 e. The first-order valence-electron chi connectivity index (χ1n) is 4.46. The summed E-state index contributed by atoms with van der Waals surface area (Å²) >= 11 is 0. The van der Waals surface area contributed by atoms with E-state index >= 15 is 0 Å². The van der Waals surface area contributed by atoms with Gasteiger partial charge in [0.05, 0.1) is 0 Å². The van der Waals surface area contributed by atoms with E-state index in [0.29, 0.717) is 13.1 Å². The molecule has 0 aromatic heterocycles. The van der Waals surface area contributed by atoms with Gasteiger partial charge in [-0.05, 0) is 6.42 Å². The predicted octanol–water partition coefficient (Wildman–Crippen LogP) is -0.0389. The maximum atomic E-state index is 11.0. The maximum absolute atomic E-state index is 11.0. The Kier molecular flexibility index (Phi) is 6.68. The van der Waals surface area contributed by atoms with E-state index in [1.165, 1.54) is 0 Å². The van der Waals surface area contributed by atoms with Crippen molar-refractivity contribution in [2.45, 2.75) is 26.2 Å². The average molecular weight is 187 g/mol. The highest BCUT2D eigenvalue weighted by molar-refractivity contribution is 5.77. The highest BCUT2D eigenvalue weighted by Gasteiger charge is 1.99. The molecule has 0 heterocycles. The third kappa shape index (κ3) is 8.65. The first-order chi connectivity index (χ1) is 6.16. The summed E-state index contributed by atoms with van der Waals surface area (Å²) in [5, 5.41) is 5.07. The molecule has 0 aromatic rings. The molecule has 13 heavy (non-hydrogen) atoms. The van der Waals surface area contributed by atoms with E-state index in [0.717, 1.165) is 12.8 Å². The van der Waals surface area contributed by atoms with Crippen LogP contribution in [0.3, 0.4) is 0 Å². The number of nitrogens with two attached hydrogens (primary N) is 1. The number of primary amides is 1. The molecule has 0 atom stereocenters. The third-order valence-electron chi connectivity index (χ3n) is 1.50. The van der Waals surface area contributed by atoms with Gasteiger partial charge < -0.3 is 16.4 Å². The Hall–Kier alpha value is -1.26. The minimum Gasteiger partial charge on any atom is -0.356 e. The second-order valence-electron chi connectivity index (χ2n) is 2.74. The lowest BCUT2D eigenvalue weighted by atomic mass is 10.3. The standard InChI is InChI=1S/C8H17N3O2/c1-2-3-5-10-7(12)4-6-11-8(9)13/h2-6H2,1H3,(H,10,12)(H3,9,11,13). The van der Waals surface area contributed by atoms with Crippen molar-refractivity contribution in [3.8, 4) is 0 Å². The maximum Gasteiger partial charge on any atom is 0.312 e. The van der Waals surface area contributed by atoms with Gasteiger partial charge in [-0.3, -0.25) is 4.79 Å². The number of unbranched alkanes of at least 4 members (excludes halogenated alkanes) is 1. The molecule has 5 nitrogen and oxygen atoms in total. The zero-order chi connectivity index (χ0) is 10.1. The summed E-state index contributed by atoms with van der Waals surface area (Å²) in [7, 11) is 0. The van der Waals surface area contributed by atoms with Crippen LogP contribution in [0.15, 0.2) is 0 Å². The van der Waals surface area contributed by atoms with E-state index in [9.17, 15) is 9.59 Å². The van der Waals surface area contributed by atoms with Gasteiger partial charge in [-0.1, -0.05) is 13.3 Å². The molecule has 0 unspecified atom stereocenters. The second kappa shape index (κ2) is 7.39. The van der Waals surface area contributed by atoms with Gasteiger partial charge in [0.1, 0.15) is 0 Å². The molecule has 76 valence electrons. The van der Waals surface area contributed by atoms with Crippen LogP contribution in [-0.2, 0) is 4.79 Å². The Bertz CT molecular complexity index is 171. The molecule has 0 spiro atoms. The van der Waals surface area contributed by atoms with Crippen molar-refractivity contribution in [1.82, 2.24) is 10.6 Å². The van der Waals surface area contributed by atoms with Crippen LogP contribution in [0.1, 0.15) is 26.2 Å². The van der Waals surface area contributed by atoms with E-state index in [2.05, 4.69) is 17.6 Å². The van der Waals surface area contributed by atoms with Gasteiger partial charge in [0, 0.05) is 19.5 Å². The molecule has 0 aromatic carbocycles. The SMILES string of the molecule is CCCCNC(=O)CCNC(N)=O. The predicted molar refractivity (Wildman–Crippen MR) is 50.1 cm³/mol. The Morgan fingerprint density at radius 1 is 1.23 bits per heavy atom. The molecular formula is C8H17N3O2. The molecule has 5 heteroatoms. The first kappa shape index (κ1) is 11.7. The monoisotopic (exact) mass is 187 g/mol. The van der Waals surface area contributed by atoms with Gasteiger partial charge in [-0.2, -0.15) is 0 Å². The van der Waals surface area contributed by atoms with E-state index in [-0.39, 0.29) is 12.3 Å². The second-order valence-corrected chi connectivity index (χ2v) is 2.74. The number of urea groups is 1. The van der Waals surface area contributed by atoms with Gasteiger partial charge in [-0.15, -0.1) is 0 Å². The Morgan fingerprint density at radius 3 is 2.46 bits per heavy atom. The fourth-order valence-electron chi connectivity index (χ4n) is 0.792. The number of amides is 3. The lowest BCUT2D eigenvalue weighted by Gasteiger charge is -2.03. The van der Waals surface area contributed by atoms with Crippen molar-refractivity contribution in [3.05, 3.63) is 0 Å². The van der Waals surface area contributed by atoms with E-state index < -0.39 is 6.03 Å². The Labute approximate surface area is 78.1 Å². The van der Waals surface area contributed by atoms with Crippen LogP contribution in [0.5, 0.6) is 0 Å². The minimum absolute atomic E-state index is 0.0535. The van der Waals surface area contributed by atoms with Gasteiger partial charge in [0.25, 0.3) is 0 Å². The average Bonchev–Trinajstić information content (AvgIpc) is 2.04. The highest BCUT2D eigenvalue weighted by Crippen LogP contribution is 1.83. The highest BCUT2D eigenvalue weighted by atomic mass is 16.2. The summed E-state index contributed by atoms with van der Waals surface area (Å²) in [5.74, 6) is -0.0535. The largest absolute Gasteiger partial charge is 0.356 e. The number of carbonyl (C=O) groups excluding carboxylic acids is 2. The lowest BCUT2D eigenvalue weighted by molar-refractivity contribution is -0.120. The molecule has 0 aliphatic heterocycles. The molecule has 0 aliphatic rings. The van der Waals surface area contributed by atoms with Crippen LogP contribution in [0, 0.1) is 0 Å². The molecule has 0 radical (unpaired) electrons. The van der Waals surface area contributed by atoms with Crippen molar-refractivity contribution in [3.63, 3.8) is 0 Å². The summed E-state index contributed by atoms with van der Waals surface area (Å²) in [6.07, 6.45) is 2.32. The Morgan fingerprint density at radius 2 is 1.92 bits per heavy atom. The summed E-state index contributed by atoms with van der Waals surface area (Å²) in [5.41, 5.74) is 4.82. The molecule has 4 N–H and O–H groups in total. The van der Waals surface area contributed by atoms with Crippen LogP contribution >= 0.6 is 0 Å². The van der Waals surface area contributed by atoms with Crippen molar-refractivity contribution < 1.29 is 9.59 Å². The summed E-state index contributed by atoms with van der Waals surface area (Å²) < 4.78 is 0. The van der Waals surface area contributed by atoms with Crippen molar-refractivity contribution >= 4 is 11.9 Å². The molecule has 0 fully saturated rings. The van der Waals surface area contributed by atoms with Crippen LogP contribution in [0.25, 0.3) is 0 Å². The number of rotatable bonds is 6. The zero-order valence-electron chi connectivity index (χ0n) is 7.93.